The summed E-state index contributed by atoms with van der Waals surface area (Å²) in [5, 5.41) is 12.5. The number of nitrogens with zero attached hydrogens (tertiary/aromatic N) is 1. The predicted molar refractivity (Wildman–Crippen MR) is 98.9 cm³/mol. The van der Waals surface area contributed by atoms with Gasteiger partial charge >= 0.3 is 0 Å². The van der Waals surface area contributed by atoms with Gasteiger partial charge in [0.1, 0.15) is 0 Å². The number of hydrogen-bond donors (Lipinski definition) is 2. The van der Waals surface area contributed by atoms with Gasteiger partial charge in [-0.25, -0.2) is 0 Å². The molecule has 3 rings (SSSR count). The Bertz CT molecular complexity index is 769. The molecule has 0 saturated carbocycles. The topological polar surface area (TPSA) is 45.1 Å². The van der Waals surface area contributed by atoms with E-state index in [4.69, 9.17) is 5.11 Å². The molecule has 0 aliphatic carbocycles. The lowest BCUT2D eigenvalue weighted by molar-refractivity contribution is 0.299. The SMILES string of the molecule is CC(Nc1ccc(CCO)cc1)c1cccc(-c2ccncc2)c1. The third kappa shape index (κ3) is 4.00. The zero-order chi connectivity index (χ0) is 16.8. The Balaban J connectivity index is 1.74. The van der Waals surface area contributed by atoms with Crippen LogP contribution < -0.4 is 5.32 Å². The Morgan fingerprint density at radius 3 is 2.42 bits per heavy atom. The smallest absolute Gasteiger partial charge is 0.0485 e. The second kappa shape index (κ2) is 7.75. The first kappa shape index (κ1) is 16.2. The highest BCUT2D eigenvalue weighted by Crippen LogP contribution is 2.25. The summed E-state index contributed by atoms with van der Waals surface area (Å²) >= 11 is 0. The number of aliphatic hydroxyl groups excluding tert-OH is 1. The van der Waals surface area contributed by atoms with E-state index in [0.717, 1.165) is 11.3 Å². The Kier molecular flexibility index (Phi) is 5.24. The van der Waals surface area contributed by atoms with Crippen LogP contribution in [0.4, 0.5) is 5.69 Å². The third-order valence-corrected chi connectivity index (χ3v) is 4.14. The van der Waals surface area contributed by atoms with E-state index in [0.29, 0.717) is 6.42 Å². The number of hydrogen-bond acceptors (Lipinski definition) is 3. The Hall–Kier alpha value is -2.65. The summed E-state index contributed by atoms with van der Waals surface area (Å²) in [6, 6.07) is 21.1. The average molecular weight is 318 g/mol. The van der Waals surface area contributed by atoms with Crippen LogP contribution >= 0.6 is 0 Å². The molecule has 0 bridgehead atoms. The van der Waals surface area contributed by atoms with Crippen molar-refractivity contribution >= 4 is 5.69 Å². The van der Waals surface area contributed by atoms with E-state index >= 15 is 0 Å². The fourth-order valence-corrected chi connectivity index (χ4v) is 2.76. The molecular weight excluding hydrogens is 296 g/mol. The van der Waals surface area contributed by atoms with Crippen molar-refractivity contribution in [3.63, 3.8) is 0 Å². The highest BCUT2D eigenvalue weighted by atomic mass is 16.2. The predicted octanol–water partition coefficient (Wildman–Crippen LogP) is 4.46. The highest BCUT2D eigenvalue weighted by molar-refractivity contribution is 5.64. The van der Waals surface area contributed by atoms with E-state index in [2.05, 4.69) is 65.8 Å². The number of rotatable bonds is 6. The molecule has 0 radical (unpaired) electrons. The normalized spacial score (nSPS) is 11.9. The number of benzene rings is 2. The highest BCUT2D eigenvalue weighted by Gasteiger charge is 2.07. The van der Waals surface area contributed by atoms with Crippen LogP contribution in [0.25, 0.3) is 11.1 Å². The van der Waals surface area contributed by atoms with Gasteiger partial charge < -0.3 is 10.4 Å². The third-order valence-electron chi connectivity index (χ3n) is 4.14. The first-order chi connectivity index (χ1) is 11.8. The maximum Gasteiger partial charge on any atom is 0.0485 e. The van der Waals surface area contributed by atoms with Crippen LogP contribution in [0.5, 0.6) is 0 Å². The van der Waals surface area contributed by atoms with Crippen LogP contribution in [0, 0.1) is 0 Å². The molecule has 122 valence electrons. The number of aromatic nitrogens is 1. The van der Waals surface area contributed by atoms with Crippen LogP contribution in [-0.2, 0) is 6.42 Å². The van der Waals surface area contributed by atoms with Crippen molar-refractivity contribution in [2.45, 2.75) is 19.4 Å². The molecule has 0 amide bonds. The summed E-state index contributed by atoms with van der Waals surface area (Å²) in [6.45, 7) is 2.35. The van der Waals surface area contributed by atoms with Crippen molar-refractivity contribution in [1.82, 2.24) is 4.98 Å². The Morgan fingerprint density at radius 2 is 1.71 bits per heavy atom. The molecule has 0 fully saturated rings. The number of anilines is 1. The van der Waals surface area contributed by atoms with Crippen LogP contribution in [-0.4, -0.2) is 16.7 Å². The fraction of sp³-hybridized carbons (Fsp3) is 0.190. The van der Waals surface area contributed by atoms with E-state index in [1.165, 1.54) is 16.7 Å². The van der Waals surface area contributed by atoms with E-state index < -0.39 is 0 Å². The van der Waals surface area contributed by atoms with Crippen molar-refractivity contribution in [3.8, 4) is 11.1 Å². The van der Waals surface area contributed by atoms with E-state index in [1.807, 2.05) is 24.5 Å². The summed E-state index contributed by atoms with van der Waals surface area (Å²) in [5.41, 5.74) is 5.84. The maximum absolute atomic E-state index is 8.98. The lowest BCUT2D eigenvalue weighted by atomic mass is 10.0. The van der Waals surface area contributed by atoms with Gasteiger partial charge in [-0.15, -0.1) is 0 Å². The standard InChI is InChI=1S/C21H22N2O/c1-16(23-21-7-5-17(6-8-21)11-14-24)19-3-2-4-20(15-19)18-9-12-22-13-10-18/h2-10,12-13,15-16,23-24H,11,14H2,1H3. The Labute approximate surface area is 143 Å². The summed E-state index contributed by atoms with van der Waals surface area (Å²) in [7, 11) is 0. The van der Waals surface area contributed by atoms with Gasteiger partial charge in [-0.1, -0.05) is 30.3 Å². The monoisotopic (exact) mass is 318 g/mol. The van der Waals surface area contributed by atoms with Gasteiger partial charge in [-0.2, -0.15) is 0 Å². The van der Waals surface area contributed by atoms with Crippen LogP contribution in [0.15, 0.2) is 73.1 Å². The molecule has 3 heteroatoms. The van der Waals surface area contributed by atoms with Crippen molar-refractivity contribution in [3.05, 3.63) is 84.2 Å². The van der Waals surface area contributed by atoms with Gasteiger partial charge in [0, 0.05) is 30.7 Å². The maximum atomic E-state index is 8.98. The van der Waals surface area contributed by atoms with Gasteiger partial charge in [0.05, 0.1) is 0 Å². The second-order valence-corrected chi connectivity index (χ2v) is 5.90. The summed E-state index contributed by atoms with van der Waals surface area (Å²) in [4.78, 5) is 4.08. The zero-order valence-corrected chi connectivity index (χ0v) is 13.8. The van der Waals surface area contributed by atoms with Crippen molar-refractivity contribution in [2.24, 2.45) is 0 Å². The quantitative estimate of drug-likeness (QED) is 0.705. The van der Waals surface area contributed by atoms with Gasteiger partial charge in [0.15, 0.2) is 0 Å². The number of aliphatic hydroxyl groups is 1. The van der Waals surface area contributed by atoms with Crippen molar-refractivity contribution in [2.75, 3.05) is 11.9 Å². The summed E-state index contributed by atoms with van der Waals surface area (Å²) in [5.74, 6) is 0. The molecule has 0 spiro atoms. The molecule has 24 heavy (non-hydrogen) atoms. The minimum atomic E-state index is 0.185. The first-order valence-electron chi connectivity index (χ1n) is 8.23. The summed E-state index contributed by atoms with van der Waals surface area (Å²) in [6.07, 6.45) is 4.33. The molecule has 0 aliphatic rings. The van der Waals surface area contributed by atoms with Crippen molar-refractivity contribution < 1.29 is 5.11 Å². The average Bonchev–Trinajstić information content (AvgIpc) is 2.64. The van der Waals surface area contributed by atoms with E-state index in [1.54, 1.807) is 0 Å². The van der Waals surface area contributed by atoms with Gasteiger partial charge in [0.25, 0.3) is 0 Å². The van der Waals surface area contributed by atoms with E-state index in [9.17, 15) is 0 Å². The fourth-order valence-electron chi connectivity index (χ4n) is 2.76. The largest absolute Gasteiger partial charge is 0.396 e. The lowest BCUT2D eigenvalue weighted by Gasteiger charge is -2.17. The Morgan fingerprint density at radius 1 is 0.958 bits per heavy atom. The molecular formula is C21H22N2O. The minimum absolute atomic E-state index is 0.185. The zero-order valence-electron chi connectivity index (χ0n) is 13.8. The second-order valence-electron chi connectivity index (χ2n) is 5.90. The molecule has 2 aromatic carbocycles. The molecule has 1 unspecified atom stereocenters. The molecule has 0 aliphatic heterocycles. The van der Waals surface area contributed by atoms with Crippen LogP contribution in [0.2, 0.25) is 0 Å². The van der Waals surface area contributed by atoms with Crippen molar-refractivity contribution in [1.29, 1.82) is 0 Å². The molecule has 2 N–H and O–H groups in total. The molecule has 1 atom stereocenters. The van der Waals surface area contributed by atoms with Gasteiger partial charge in [0.2, 0.25) is 0 Å². The van der Waals surface area contributed by atoms with Crippen LogP contribution in [0.3, 0.4) is 0 Å². The van der Waals surface area contributed by atoms with Gasteiger partial charge in [-0.05, 0) is 65.9 Å². The van der Waals surface area contributed by atoms with E-state index in [-0.39, 0.29) is 12.6 Å². The minimum Gasteiger partial charge on any atom is -0.396 e. The van der Waals surface area contributed by atoms with Crippen LogP contribution in [0.1, 0.15) is 24.1 Å². The molecule has 1 heterocycles. The molecule has 1 aromatic heterocycles. The molecule has 3 aromatic rings. The number of nitrogens with one attached hydrogen (secondary N) is 1. The van der Waals surface area contributed by atoms with Gasteiger partial charge in [-0.3, -0.25) is 4.98 Å². The molecule has 3 nitrogen and oxygen atoms in total. The summed E-state index contributed by atoms with van der Waals surface area (Å²) < 4.78 is 0. The molecule has 0 saturated heterocycles. The lowest BCUT2D eigenvalue weighted by Crippen LogP contribution is -2.06. The number of pyridine rings is 1. The first-order valence-corrected chi connectivity index (χ1v) is 8.23.